The highest BCUT2D eigenvalue weighted by Gasteiger charge is 2.56. The van der Waals surface area contributed by atoms with E-state index in [2.05, 4.69) is 10.6 Å². The topological polar surface area (TPSA) is 137 Å². The van der Waals surface area contributed by atoms with Crippen LogP contribution in [0.3, 0.4) is 0 Å². The van der Waals surface area contributed by atoms with Crippen molar-refractivity contribution < 1.29 is 33.9 Å². The Balaban J connectivity index is 0.00000240. The van der Waals surface area contributed by atoms with Gasteiger partial charge in [0.1, 0.15) is 22.6 Å². The Kier molecular flexibility index (Phi) is 5.66. The van der Waals surface area contributed by atoms with Gasteiger partial charge < -0.3 is 30.2 Å². The molecule has 2 saturated heterocycles. The molecule has 1 aromatic rings. The first-order chi connectivity index (χ1) is 13.4. The van der Waals surface area contributed by atoms with Gasteiger partial charge in [0, 0.05) is 0 Å². The van der Waals surface area contributed by atoms with Crippen LogP contribution in [-0.4, -0.2) is 71.7 Å². The maximum absolute atomic E-state index is 13.1. The molecular formula is C17H21BClN3O7. The fourth-order valence-corrected chi connectivity index (χ4v) is 4.15. The van der Waals surface area contributed by atoms with Crippen LogP contribution < -0.4 is 20.0 Å². The zero-order chi connectivity index (χ0) is 20.1. The zero-order valence-corrected chi connectivity index (χ0v) is 16.5. The van der Waals surface area contributed by atoms with E-state index in [0.29, 0.717) is 31.5 Å². The van der Waals surface area contributed by atoms with Crippen LogP contribution in [0.4, 0.5) is 4.79 Å². The summed E-state index contributed by atoms with van der Waals surface area (Å²) in [7, 11) is -0.216. The third-order valence-electron chi connectivity index (χ3n) is 5.61. The van der Waals surface area contributed by atoms with Crippen LogP contribution in [0.1, 0.15) is 28.8 Å². The van der Waals surface area contributed by atoms with Crippen molar-refractivity contribution >= 4 is 37.4 Å². The number of imide groups is 1. The van der Waals surface area contributed by atoms with Crippen LogP contribution in [0.15, 0.2) is 12.1 Å². The van der Waals surface area contributed by atoms with E-state index in [-0.39, 0.29) is 41.8 Å². The molecule has 3 aliphatic heterocycles. The number of carbonyl (C=O) groups is 3. The molecule has 1 aromatic carbocycles. The van der Waals surface area contributed by atoms with Gasteiger partial charge in [-0.25, -0.2) is 9.59 Å². The minimum absolute atomic E-state index is 0. The van der Waals surface area contributed by atoms with Crippen molar-refractivity contribution in [2.45, 2.75) is 30.7 Å². The normalized spacial score (nSPS) is 22.5. The predicted molar refractivity (Wildman–Crippen MR) is 104 cm³/mol. The maximum Gasteiger partial charge on any atom is 0.547 e. The second-order valence-electron chi connectivity index (χ2n) is 7.15. The lowest BCUT2D eigenvalue weighted by Crippen LogP contribution is -2.58. The Morgan fingerprint density at radius 2 is 2.03 bits per heavy atom. The molecule has 3 amide bonds. The van der Waals surface area contributed by atoms with E-state index < -0.39 is 30.6 Å². The molecule has 0 bridgehead atoms. The number of hydrogen-bond donors (Lipinski definition) is 4. The quantitative estimate of drug-likeness (QED) is 0.386. The first-order valence-corrected chi connectivity index (χ1v) is 9.02. The van der Waals surface area contributed by atoms with Crippen LogP contribution in [0.2, 0.25) is 0 Å². The van der Waals surface area contributed by atoms with Gasteiger partial charge in [-0.2, -0.15) is 0 Å². The number of nitrogens with zero attached hydrogens (tertiary/aromatic N) is 1. The summed E-state index contributed by atoms with van der Waals surface area (Å²) in [4.78, 5) is 38.3. The third kappa shape index (κ3) is 3.28. The molecule has 0 aliphatic carbocycles. The van der Waals surface area contributed by atoms with E-state index in [1.807, 2.05) is 0 Å². The number of hydrogen-bond acceptors (Lipinski definition) is 7. The highest BCUT2D eigenvalue weighted by molar-refractivity contribution is 6.47. The van der Waals surface area contributed by atoms with Crippen LogP contribution in [0.5, 0.6) is 11.5 Å². The predicted octanol–water partition coefficient (Wildman–Crippen LogP) is -0.188. The molecule has 3 heterocycles. The molecule has 12 heteroatoms. The molecule has 156 valence electrons. The Labute approximate surface area is 173 Å². The Morgan fingerprint density at radius 1 is 1.34 bits per heavy atom. The zero-order valence-electron chi connectivity index (χ0n) is 15.6. The van der Waals surface area contributed by atoms with Gasteiger partial charge in [0.25, 0.3) is 5.91 Å². The van der Waals surface area contributed by atoms with Crippen molar-refractivity contribution in [1.82, 2.24) is 15.5 Å². The average molecular weight is 426 g/mol. The smallest absolute Gasteiger partial charge is 0.534 e. The van der Waals surface area contributed by atoms with E-state index in [1.165, 1.54) is 13.2 Å². The molecule has 0 saturated carbocycles. The number of ether oxygens (including phenoxy) is 1. The Morgan fingerprint density at radius 3 is 2.66 bits per heavy atom. The van der Waals surface area contributed by atoms with E-state index >= 15 is 0 Å². The number of fused-ring (bicyclic) bond motifs is 1. The average Bonchev–Trinajstić information content (AvgIpc) is 2.90. The van der Waals surface area contributed by atoms with Crippen molar-refractivity contribution in [1.29, 1.82) is 0 Å². The van der Waals surface area contributed by atoms with Crippen molar-refractivity contribution in [2.24, 2.45) is 0 Å². The number of benzene rings is 1. The van der Waals surface area contributed by atoms with Gasteiger partial charge in [0.15, 0.2) is 0 Å². The molecule has 1 atom stereocenters. The second-order valence-corrected chi connectivity index (χ2v) is 7.15. The molecular weight excluding hydrogens is 404 g/mol. The van der Waals surface area contributed by atoms with E-state index in [4.69, 9.17) is 9.39 Å². The van der Waals surface area contributed by atoms with E-state index in [9.17, 15) is 24.5 Å². The van der Waals surface area contributed by atoms with Crippen LogP contribution in [0.25, 0.3) is 0 Å². The summed E-state index contributed by atoms with van der Waals surface area (Å²) in [5, 5.41) is 25.9. The van der Waals surface area contributed by atoms with Crippen LogP contribution in [-0.2, 0) is 11.2 Å². The molecule has 0 radical (unpaired) electrons. The Bertz CT molecular complexity index is 862. The lowest BCUT2D eigenvalue weighted by Gasteiger charge is -2.34. The number of amides is 3. The summed E-state index contributed by atoms with van der Waals surface area (Å²) in [6, 6.07) is 2.52. The number of halogens is 1. The number of methoxy groups -OCH3 is 1. The minimum atomic E-state index is -1.55. The highest BCUT2D eigenvalue weighted by Crippen LogP contribution is 2.38. The number of rotatable bonds is 3. The number of aromatic carboxylic acids is 1. The molecule has 1 spiro atoms. The van der Waals surface area contributed by atoms with Gasteiger partial charge >= 0.3 is 19.1 Å². The summed E-state index contributed by atoms with van der Waals surface area (Å²) < 4.78 is 10.5. The van der Waals surface area contributed by atoms with Crippen LogP contribution in [0, 0.1) is 0 Å². The van der Waals surface area contributed by atoms with Gasteiger partial charge in [-0.05, 0) is 44.0 Å². The van der Waals surface area contributed by atoms with E-state index in [1.54, 1.807) is 6.07 Å². The van der Waals surface area contributed by atoms with Crippen LogP contribution >= 0.6 is 12.4 Å². The fourth-order valence-electron chi connectivity index (χ4n) is 4.15. The summed E-state index contributed by atoms with van der Waals surface area (Å²) >= 11 is 0. The lowest BCUT2D eigenvalue weighted by atomic mass is 9.71. The molecule has 0 aromatic heterocycles. The molecule has 0 unspecified atom stereocenters. The summed E-state index contributed by atoms with van der Waals surface area (Å²) in [6.07, 6.45) is 1.01. The molecule has 3 aliphatic rings. The SMILES string of the molecule is COc1ccc2c(c1C(=O)O)OB(O)[C@@H](N1C(=O)NC3(CCNCC3)C1=O)C2.Cl. The van der Waals surface area contributed by atoms with Crippen molar-refractivity contribution in [2.75, 3.05) is 20.2 Å². The summed E-state index contributed by atoms with van der Waals surface area (Å²) in [5.41, 5.74) is -0.695. The number of piperidine rings is 1. The maximum atomic E-state index is 13.1. The van der Waals surface area contributed by atoms with Gasteiger partial charge in [0.2, 0.25) is 0 Å². The summed E-state index contributed by atoms with van der Waals surface area (Å²) in [5.74, 6) is -2.52. The number of nitrogens with one attached hydrogen (secondary N) is 2. The monoisotopic (exact) mass is 425 g/mol. The number of carbonyl (C=O) groups excluding carboxylic acids is 2. The molecule has 4 rings (SSSR count). The third-order valence-corrected chi connectivity index (χ3v) is 5.61. The van der Waals surface area contributed by atoms with Gasteiger partial charge in [-0.1, -0.05) is 6.07 Å². The van der Waals surface area contributed by atoms with Gasteiger partial charge in [-0.3, -0.25) is 9.69 Å². The lowest BCUT2D eigenvalue weighted by molar-refractivity contribution is -0.133. The largest absolute Gasteiger partial charge is 0.547 e. The molecule has 2 fully saturated rings. The van der Waals surface area contributed by atoms with Crippen molar-refractivity contribution in [3.05, 3.63) is 23.3 Å². The molecule has 4 N–H and O–H groups in total. The van der Waals surface area contributed by atoms with E-state index in [0.717, 1.165) is 4.90 Å². The fraction of sp³-hybridized carbons (Fsp3) is 0.471. The number of carboxylic acids is 1. The molecule has 10 nitrogen and oxygen atoms in total. The summed E-state index contributed by atoms with van der Waals surface area (Å²) in [6.45, 7) is 1.21. The first-order valence-electron chi connectivity index (χ1n) is 9.02. The minimum Gasteiger partial charge on any atom is -0.534 e. The molecule has 29 heavy (non-hydrogen) atoms. The standard InChI is InChI=1S/C17H20BN3O7.ClH/c1-27-10-3-2-9-8-11(18(26)28-13(9)12(10)14(22)23)21-15(24)17(20-16(21)25)4-6-19-7-5-17;/h2-3,11,19,26H,4-8H2,1H3,(H,20,25)(H,22,23);1H/t11-;/m0./s1. The van der Waals surface area contributed by atoms with Crippen molar-refractivity contribution in [3.8, 4) is 11.5 Å². The highest BCUT2D eigenvalue weighted by atomic mass is 35.5. The Hall–Kier alpha value is -2.50. The number of carboxylic acid groups (broad SMARTS) is 1. The second kappa shape index (κ2) is 7.73. The number of urea groups is 1. The van der Waals surface area contributed by atoms with Crippen molar-refractivity contribution in [3.63, 3.8) is 0 Å². The van der Waals surface area contributed by atoms with Gasteiger partial charge in [-0.15, -0.1) is 12.4 Å². The van der Waals surface area contributed by atoms with Gasteiger partial charge in [0.05, 0.1) is 13.1 Å². The first kappa shape index (κ1) is 21.2.